The Balaban J connectivity index is 0.000000238. The number of rotatable bonds is 15. The third kappa shape index (κ3) is 16.6. The number of aromatic nitrogens is 8. The van der Waals surface area contributed by atoms with Gasteiger partial charge in [0.2, 0.25) is 0 Å². The number of amides is 2. The van der Waals surface area contributed by atoms with Crippen LogP contribution in [0.5, 0.6) is 0 Å². The standard InChI is InChI=1S/C29H30FN5O3.C16H14N4O3.C12H17FN2O.CH4.S2.H2S/c1-16-4-3-5-21(34-16)11-27(36)23-9-20(30)10-24(23)28(37)15-35-14-25(29(31)38)22-8-18(6-7-26(22)35)19-12-32-17(2)33-13-19;1-9-18-5-11(6-19-9)10-2-3-14-12(4-10)13(16(17)23)7-20(14)8-15(21)22;1-8-3-2-4-10(15-8)6-12(16)11-5-9(13)7-14-11;;1-2;/h3-8,12-14,20,23-24,27,36H,9-11,15H2,1-2H3,(H2,31,38);2-7H,8H2,1H3,(H2,17,23)(H,21,22);2-4,9,11-12,14,16H,5-7H2,1H3;1H4;;1H2/t20-,23+,24?,27?;;9-,11-,12?;;;/m1.1.../s1. The van der Waals surface area contributed by atoms with E-state index in [-0.39, 0.29) is 70.7 Å². The Hall–Kier alpha value is -7.41. The number of aryl methyl sites for hydroxylation is 4. The number of nitrogens with one attached hydrogen (secondary N) is 1. The zero-order valence-corrected chi connectivity index (χ0v) is 47.0. The van der Waals surface area contributed by atoms with Crippen LogP contribution in [0.1, 0.15) is 81.8 Å². The number of Topliss-reactive ketones (excluding diaryl/α,β-unsaturated/α-hetero) is 1. The number of fused-ring (bicyclic) bond motifs is 2. The molecule has 7 heterocycles. The minimum absolute atomic E-state index is 0. The second-order valence-electron chi connectivity index (χ2n) is 19.7. The maximum atomic E-state index is 14.5. The predicted octanol–water partition coefficient (Wildman–Crippen LogP) is 7.07. The molecule has 81 heavy (non-hydrogen) atoms. The van der Waals surface area contributed by atoms with Gasteiger partial charge in [0.1, 0.15) is 30.5 Å². The van der Waals surface area contributed by atoms with E-state index >= 15 is 0 Å². The third-order valence-corrected chi connectivity index (χ3v) is 13.9. The first-order valence-corrected chi connectivity index (χ1v) is 26.7. The van der Waals surface area contributed by atoms with Crippen LogP contribution in [0, 0.1) is 39.5 Å². The molecule has 2 aromatic carbocycles. The van der Waals surface area contributed by atoms with E-state index in [0.717, 1.165) is 39.3 Å². The third-order valence-electron chi connectivity index (χ3n) is 13.9. The Morgan fingerprint density at radius 1 is 0.654 bits per heavy atom. The number of carboxylic acids is 1. The summed E-state index contributed by atoms with van der Waals surface area (Å²) >= 11 is 7.33. The first-order chi connectivity index (χ1) is 37.8. The molecule has 1 saturated carbocycles. The number of aliphatic carboxylic acids is 1. The van der Waals surface area contributed by atoms with E-state index in [4.69, 9.17) is 16.6 Å². The largest absolute Gasteiger partial charge is 0.480 e. The number of carbonyl (C=O) groups excluding carboxylic acids is 3. The number of primary amides is 2. The number of aliphatic hydroxyl groups is 2. The molecule has 0 spiro atoms. The van der Waals surface area contributed by atoms with Crippen LogP contribution in [0.15, 0.2) is 110 Å². The summed E-state index contributed by atoms with van der Waals surface area (Å²) in [7, 11) is 0. The van der Waals surface area contributed by atoms with E-state index < -0.39 is 54.2 Å². The Bertz CT molecular complexity index is 3460. The van der Waals surface area contributed by atoms with Crippen LogP contribution in [0.3, 0.4) is 0 Å². The van der Waals surface area contributed by atoms with Crippen molar-refractivity contribution in [3.63, 3.8) is 0 Å². The first kappa shape index (κ1) is 64.4. The number of hydrogen-bond acceptors (Lipinski definition) is 15. The molecule has 6 aromatic heterocycles. The van der Waals surface area contributed by atoms with Crippen LogP contribution in [0.2, 0.25) is 0 Å². The van der Waals surface area contributed by atoms with Crippen molar-refractivity contribution in [3.8, 4) is 22.3 Å². The molecule has 2 fully saturated rings. The summed E-state index contributed by atoms with van der Waals surface area (Å²) in [6.07, 6.45) is 7.75. The summed E-state index contributed by atoms with van der Waals surface area (Å²) in [6.45, 7) is 7.44. The minimum atomic E-state index is -1.16. The number of halogens is 2. The van der Waals surface area contributed by atoms with Gasteiger partial charge in [-0.2, -0.15) is 13.5 Å². The molecule has 23 heteroatoms. The number of carboxylic acid groups (broad SMARTS) is 1. The SMILES string of the molecule is C.Cc1cccc(CC(O)[C@H]2C[C@@H](F)CC2C(=O)Cn2cc(C(N)=O)c3cc(-c4cnc(C)nc4)ccc32)n1.Cc1cccc(CC(O)[C@H]2C[C@@H](F)CN2)n1.Cc1ncc(-c2ccc3c(c2)c(C(N)=O)cn3CC(=O)O)cn1.S.S=S. The summed E-state index contributed by atoms with van der Waals surface area (Å²) in [5, 5.41) is 34.1. The number of alkyl halides is 2. The topological polar surface area (TPSA) is 280 Å². The quantitative estimate of drug-likeness (QED) is 0.0598. The molecule has 8 aromatic rings. The normalized spacial score (nSPS) is 17.9. The number of nitrogens with two attached hydrogens (primary N) is 2. The Kier molecular flexibility index (Phi) is 23.3. The highest BCUT2D eigenvalue weighted by Gasteiger charge is 2.42. The van der Waals surface area contributed by atoms with Crippen LogP contribution < -0.4 is 16.8 Å². The number of hydrogen-bond donors (Lipinski definition) is 6. The maximum Gasteiger partial charge on any atom is 0.323 e. The lowest BCUT2D eigenvalue weighted by Crippen LogP contribution is -2.36. The van der Waals surface area contributed by atoms with Crippen molar-refractivity contribution in [2.45, 2.75) is 111 Å². The molecule has 3 unspecified atom stereocenters. The second-order valence-corrected chi connectivity index (χ2v) is 19.7. The molecule has 2 amide bonds. The van der Waals surface area contributed by atoms with Crippen LogP contribution in [0.4, 0.5) is 8.78 Å². The Morgan fingerprint density at radius 2 is 1.11 bits per heavy atom. The van der Waals surface area contributed by atoms with Crippen molar-refractivity contribution < 1.29 is 43.3 Å². The number of nitrogens with zero attached hydrogens (tertiary/aromatic N) is 8. The van der Waals surface area contributed by atoms with E-state index in [1.165, 1.54) is 10.8 Å². The van der Waals surface area contributed by atoms with Gasteiger partial charge in [-0.1, -0.05) is 31.7 Å². The molecule has 2 aliphatic rings. The summed E-state index contributed by atoms with van der Waals surface area (Å²) < 4.78 is 30.6. The molecule has 428 valence electrons. The molecule has 7 atom stereocenters. The van der Waals surface area contributed by atoms with E-state index in [1.807, 2.05) is 74.5 Å². The molecular formula is C58H67F2N11O7S3. The van der Waals surface area contributed by atoms with E-state index in [0.29, 0.717) is 64.1 Å². The molecular weight excluding hydrogens is 1100 g/mol. The molecule has 1 saturated heterocycles. The summed E-state index contributed by atoms with van der Waals surface area (Å²) in [4.78, 5) is 73.9. The van der Waals surface area contributed by atoms with Crippen molar-refractivity contribution in [1.29, 1.82) is 0 Å². The van der Waals surface area contributed by atoms with Gasteiger partial charge in [0.05, 0.1) is 29.9 Å². The van der Waals surface area contributed by atoms with Crippen molar-refractivity contribution in [2.24, 2.45) is 23.3 Å². The Labute approximate surface area is 485 Å². The number of benzene rings is 2. The molecule has 10 rings (SSSR count). The van der Waals surface area contributed by atoms with E-state index in [2.05, 4.69) is 57.6 Å². The number of pyridine rings is 2. The summed E-state index contributed by atoms with van der Waals surface area (Å²) in [5.41, 5.74) is 19.5. The van der Waals surface area contributed by atoms with Gasteiger partial charge in [0, 0.05) is 147 Å². The van der Waals surface area contributed by atoms with Crippen molar-refractivity contribution in [2.75, 3.05) is 6.54 Å². The first-order valence-electron chi connectivity index (χ1n) is 25.4. The van der Waals surface area contributed by atoms with Crippen LogP contribution in [-0.2, 0) is 57.9 Å². The lowest BCUT2D eigenvalue weighted by molar-refractivity contribution is -0.137. The highest BCUT2D eigenvalue weighted by molar-refractivity contribution is 8.07. The van der Waals surface area contributed by atoms with Gasteiger partial charge in [-0.05, 0) is 113 Å². The molecule has 1 aliphatic carbocycles. The average molecular weight is 1160 g/mol. The number of carbonyl (C=O) groups is 4. The predicted molar refractivity (Wildman–Crippen MR) is 317 cm³/mol. The fourth-order valence-electron chi connectivity index (χ4n) is 10.1. The fraction of sp³-hybridized carbons (Fsp3) is 0.345. The van der Waals surface area contributed by atoms with Gasteiger partial charge in [0.15, 0.2) is 5.78 Å². The zero-order chi connectivity index (χ0) is 57.1. The highest BCUT2D eigenvalue weighted by Crippen LogP contribution is 2.39. The smallest absolute Gasteiger partial charge is 0.323 e. The lowest BCUT2D eigenvalue weighted by Gasteiger charge is -2.24. The fourth-order valence-corrected chi connectivity index (χ4v) is 10.1. The lowest BCUT2D eigenvalue weighted by atomic mass is 9.85. The van der Waals surface area contributed by atoms with Gasteiger partial charge >= 0.3 is 5.97 Å². The second kappa shape index (κ2) is 29.3. The van der Waals surface area contributed by atoms with Crippen LogP contribution in [0.25, 0.3) is 44.1 Å². The molecule has 0 bridgehead atoms. The summed E-state index contributed by atoms with van der Waals surface area (Å²) in [5.74, 6) is -2.21. The molecule has 8 N–H and O–H groups in total. The van der Waals surface area contributed by atoms with Gasteiger partial charge in [-0.15, -0.1) is 0 Å². The average Bonchev–Trinajstić information content (AvgIpc) is 4.22. The van der Waals surface area contributed by atoms with Gasteiger partial charge in [-0.3, -0.25) is 29.1 Å². The van der Waals surface area contributed by atoms with Crippen LogP contribution in [-0.4, -0.2) is 115 Å². The molecule has 0 radical (unpaired) electrons. The minimum Gasteiger partial charge on any atom is -0.480 e. The van der Waals surface area contributed by atoms with Crippen molar-refractivity contribution in [3.05, 3.63) is 156 Å². The van der Waals surface area contributed by atoms with E-state index in [9.17, 15) is 38.2 Å². The van der Waals surface area contributed by atoms with Crippen molar-refractivity contribution >= 4 is 81.2 Å². The van der Waals surface area contributed by atoms with Crippen LogP contribution >= 0.6 is 13.5 Å². The number of aliphatic hydroxyl groups excluding tert-OH is 2. The zero-order valence-electron chi connectivity index (χ0n) is 44.4. The monoisotopic (exact) mass is 1160 g/mol. The Morgan fingerprint density at radius 3 is 1.53 bits per heavy atom. The van der Waals surface area contributed by atoms with E-state index in [1.54, 1.807) is 61.5 Å². The van der Waals surface area contributed by atoms with Gasteiger partial charge in [-0.25, -0.2) is 28.7 Å². The van der Waals surface area contributed by atoms with Crippen molar-refractivity contribution in [1.82, 2.24) is 44.4 Å². The molecule has 18 nitrogen and oxygen atoms in total. The maximum absolute atomic E-state index is 14.5. The van der Waals surface area contributed by atoms with Gasteiger partial charge in [0.25, 0.3) is 11.8 Å². The number of ketones is 1. The summed E-state index contributed by atoms with van der Waals surface area (Å²) in [6, 6.07) is 22.1. The van der Waals surface area contributed by atoms with Gasteiger partial charge < -0.3 is 41.2 Å². The highest BCUT2D eigenvalue weighted by atomic mass is 32.8. The molecule has 1 aliphatic heterocycles.